The minimum Gasteiger partial charge on any atom is -0.328 e. The molecule has 18 heavy (non-hydrogen) atoms. The van der Waals surface area contributed by atoms with Crippen LogP contribution in [-0.4, -0.2) is 34.9 Å². The number of nitrogens with two attached hydrogens (primary N) is 1. The van der Waals surface area contributed by atoms with Crippen LogP contribution in [0.2, 0.25) is 0 Å². The molecule has 3 fully saturated rings. The number of nitrogens with one attached hydrogen (secondary N) is 1. The summed E-state index contributed by atoms with van der Waals surface area (Å²) < 4.78 is 0. The lowest BCUT2D eigenvalue weighted by molar-refractivity contribution is -0.125. The molecule has 0 radical (unpaired) electrons. The number of hydrogen-bond acceptors (Lipinski definition) is 5. The van der Waals surface area contributed by atoms with Crippen molar-refractivity contribution >= 4 is 27.4 Å². The lowest BCUT2D eigenvalue weighted by Crippen LogP contribution is -2.43. The van der Waals surface area contributed by atoms with Crippen LogP contribution in [0.1, 0.15) is 38.5 Å². The van der Waals surface area contributed by atoms with Gasteiger partial charge in [-0.3, -0.25) is 4.79 Å². The molecule has 2 saturated heterocycles. The Balaban J connectivity index is 1.65. The van der Waals surface area contributed by atoms with Crippen LogP contribution in [-0.2, 0) is 4.79 Å². The summed E-state index contributed by atoms with van der Waals surface area (Å²) in [6, 6.07) is 0.352. The predicted octanol–water partition coefficient (Wildman–Crippen LogP) is 1.96. The number of carbonyl (C=O) groups is 1. The SMILES string of the molecule is NC1CCC2SSC2CC(C(=O)[C@@H]2CCCN2)C1. The van der Waals surface area contributed by atoms with E-state index < -0.39 is 0 Å². The predicted molar refractivity (Wildman–Crippen MR) is 78.7 cm³/mol. The van der Waals surface area contributed by atoms with Crippen molar-refractivity contribution in [2.45, 2.75) is 61.1 Å². The first-order valence-electron chi connectivity index (χ1n) is 7.09. The third-order valence-corrected chi connectivity index (χ3v) is 8.13. The molecule has 4 unspecified atom stereocenters. The second kappa shape index (κ2) is 5.73. The molecule has 2 aliphatic heterocycles. The molecule has 3 N–H and O–H groups in total. The standard InChI is InChI=1S/C13H22N2OS2/c14-9-3-4-11-12(18-17-11)7-8(6-9)13(16)10-2-1-5-15-10/h8-12,15H,1-7,14H2/t8?,9?,10-,11?,12?/m0/s1. The molecule has 0 aromatic heterocycles. The van der Waals surface area contributed by atoms with E-state index in [-0.39, 0.29) is 18.0 Å². The van der Waals surface area contributed by atoms with Gasteiger partial charge in [0.25, 0.3) is 0 Å². The van der Waals surface area contributed by atoms with Crippen LogP contribution in [0.15, 0.2) is 0 Å². The number of fused-ring (bicyclic) bond motifs is 1. The van der Waals surface area contributed by atoms with E-state index in [1.165, 1.54) is 6.42 Å². The van der Waals surface area contributed by atoms with Crippen molar-refractivity contribution in [3.63, 3.8) is 0 Å². The van der Waals surface area contributed by atoms with Crippen LogP contribution in [0.3, 0.4) is 0 Å². The Labute approximate surface area is 117 Å². The van der Waals surface area contributed by atoms with Gasteiger partial charge in [0, 0.05) is 22.5 Å². The van der Waals surface area contributed by atoms with Crippen molar-refractivity contribution in [2.75, 3.05) is 6.54 Å². The summed E-state index contributed by atoms with van der Waals surface area (Å²) in [6.45, 7) is 1.01. The zero-order valence-electron chi connectivity index (χ0n) is 10.6. The maximum Gasteiger partial charge on any atom is 0.152 e. The Morgan fingerprint density at radius 2 is 1.94 bits per heavy atom. The van der Waals surface area contributed by atoms with Gasteiger partial charge in [0.2, 0.25) is 0 Å². The average Bonchev–Trinajstić information content (AvgIpc) is 2.84. The molecule has 3 rings (SSSR count). The molecular weight excluding hydrogens is 264 g/mol. The average molecular weight is 286 g/mol. The van der Waals surface area contributed by atoms with Gasteiger partial charge in [-0.25, -0.2) is 0 Å². The van der Waals surface area contributed by atoms with E-state index in [0.29, 0.717) is 11.0 Å². The summed E-state index contributed by atoms with van der Waals surface area (Å²) in [5, 5.41) is 4.81. The van der Waals surface area contributed by atoms with Gasteiger partial charge in [-0.05, 0) is 45.1 Å². The fourth-order valence-electron chi connectivity index (χ4n) is 3.32. The monoisotopic (exact) mass is 286 g/mol. The van der Waals surface area contributed by atoms with Crippen LogP contribution in [0.25, 0.3) is 0 Å². The van der Waals surface area contributed by atoms with Crippen LogP contribution in [0.4, 0.5) is 0 Å². The number of rotatable bonds is 2. The summed E-state index contributed by atoms with van der Waals surface area (Å²) in [5.41, 5.74) is 6.17. The highest BCUT2D eigenvalue weighted by atomic mass is 33.1. The van der Waals surface area contributed by atoms with Gasteiger partial charge >= 0.3 is 0 Å². The van der Waals surface area contributed by atoms with Gasteiger partial charge in [0.05, 0.1) is 6.04 Å². The normalized spacial score (nSPS) is 44.6. The van der Waals surface area contributed by atoms with Crippen LogP contribution in [0.5, 0.6) is 0 Å². The molecule has 3 aliphatic rings. The van der Waals surface area contributed by atoms with E-state index in [4.69, 9.17) is 5.73 Å². The second-order valence-electron chi connectivity index (χ2n) is 5.83. The first-order valence-corrected chi connectivity index (χ1v) is 9.36. The summed E-state index contributed by atoms with van der Waals surface area (Å²) in [7, 11) is 3.97. The lowest BCUT2D eigenvalue weighted by atomic mass is 9.83. The minimum atomic E-state index is 0.123. The molecule has 0 bridgehead atoms. The first-order chi connectivity index (χ1) is 8.74. The smallest absolute Gasteiger partial charge is 0.152 e. The topological polar surface area (TPSA) is 55.1 Å². The third-order valence-electron chi connectivity index (χ3n) is 4.45. The summed E-state index contributed by atoms with van der Waals surface area (Å²) >= 11 is 0. The molecule has 5 heteroatoms. The zero-order valence-corrected chi connectivity index (χ0v) is 12.3. The highest BCUT2D eigenvalue weighted by Crippen LogP contribution is 2.53. The number of ketones is 1. The van der Waals surface area contributed by atoms with Gasteiger partial charge in [0.15, 0.2) is 5.78 Å². The van der Waals surface area contributed by atoms with Gasteiger partial charge < -0.3 is 11.1 Å². The van der Waals surface area contributed by atoms with Gasteiger partial charge in [-0.15, -0.1) is 0 Å². The van der Waals surface area contributed by atoms with Crippen LogP contribution < -0.4 is 11.1 Å². The molecule has 0 spiro atoms. The Hall–Kier alpha value is 0.290. The minimum absolute atomic E-state index is 0.123. The molecule has 3 nitrogen and oxygen atoms in total. The number of Topliss-reactive ketones (excluding diaryl/α,β-unsaturated/α-hetero) is 1. The van der Waals surface area contributed by atoms with Gasteiger partial charge in [0.1, 0.15) is 0 Å². The van der Waals surface area contributed by atoms with Crippen molar-refractivity contribution in [3.8, 4) is 0 Å². The van der Waals surface area contributed by atoms with Crippen LogP contribution >= 0.6 is 21.6 Å². The van der Waals surface area contributed by atoms with E-state index in [1.807, 2.05) is 21.6 Å². The summed E-state index contributed by atoms with van der Waals surface area (Å²) in [6.07, 6.45) is 6.48. The van der Waals surface area contributed by atoms with Gasteiger partial charge in [-0.2, -0.15) is 0 Å². The Kier molecular flexibility index (Phi) is 4.23. The molecule has 0 aromatic carbocycles. The second-order valence-corrected chi connectivity index (χ2v) is 8.58. The lowest BCUT2D eigenvalue weighted by Gasteiger charge is -2.40. The highest BCUT2D eigenvalue weighted by Gasteiger charge is 2.40. The van der Waals surface area contributed by atoms with E-state index in [9.17, 15) is 4.79 Å². The van der Waals surface area contributed by atoms with Crippen molar-refractivity contribution in [1.82, 2.24) is 5.32 Å². The van der Waals surface area contributed by atoms with E-state index in [1.54, 1.807) is 0 Å². The molecule has 0 aromatic rings. The quantitative estimate of drug-likeness (QED) is 0.760. The molecule has 2 heterocycles. The van der Waals surface area contributed by atoms with E-state index >= 15 is 0 Å². The Bertz CT molecular complexity index is 320. The maximum atomic E-state index is 12.6. The molecule has 1 aliphatic carbocycles. The molecule has 102 valence electrons. The highest BCUT2D eigenvalue weighted by molar-refractivity contribution is 8.80. The first kappa shape index (κ1) is 13.3. The maximum absolute atomic E-state index is 12.6. The van der Waals surface area contributed by atoms with E-state index in [2.05, 4.69) is 5.32 Å². The van der Waals surface area contributed by atoms with E-state index in [0.717, 1.165) is 43.9 Å². The van der Waals surface area contributed by atoms with Crippen molar-refractivity contribution in [2.24, 2.45) is 11.7 Å². The number of hydrogen-bond donors (Lipinski definition) is 2. The van der Waals surface area contributed by atoms with Crippen molar-refractivity contribution in [1.29, 1.82) is 0 Å². The summed E-state index contributed by atoms with van der Waals surface area (Å²) in [5.74, 6) is 0.651. The molecule has 0 amide bonds. The van der Waals surface area contributed by atoms with Crippen LogP contribution in [0, 0.1) is 5.92 Å². The Morgan fingerprint density at radius 3 is 2.61 bits per heavy atom. The van der Waals surface area contributed by atoms with Crippen molar-refractivity contribution < 1.29 is 4.79 Å². The fourth-order valence-corrected chi connectivity index (χ4v) is 6.34. The third kappa shape index (κ3) is 2.74. The molecule has 5 atom stereocenters. The molecular formula is C13H22N2OS2. The van der Waals surface area contributed by atoms with Crippen molar-refractivity contribution in [3.05, 3.63) is 0 Å². The largest absolute Gasteiger partial charge is 0.328 e. The summed E-state index contributed by atoms with van der Waals surface area (Å²) in [4.78, 5) is 12.6. The zero-order chi connectivity index (χ0) is 12.5. The number of carbonyl (C=O) groups excluding carboxylic acids is 1. The molecule has 1 saturated carbocycles. The Morgan fingerprint density at radius 1 is 1.11 bits per heavy atom. The fraction of sp³-hybridized carbons (Fsp3) is 0.923. The van der Waals surface area contributed by atoms with Gasteiger partial charge in [-0.1, -0.05) is 21.6 Å².